The SMILES string of the molecule is CC(C)Sc1c(Cl)cccc1-c1ccco1. The van der Waals surface area contributed by atoms with Crippen LogP contribution >= 0.6 is 23.4 Å². The van der Waals surface area contributed by atoms with Crippen LogP contribution in [0.1, 0.15) is 13.8 Å². The molecule has 0 aliphatic rings. The number of hydrogen-bond donors (Lipinski definition) is 0. The van der Waals surface area contributed by atoms with Crippen molar-refractivity contribution in [3.8, 4) is 11.3 Å². The summed E-state index contributed by atoms with van der Waals surface area (Å²) in [5.74, 6) is 0.866. The Balaban J connectivity index is 2.48. The van der Waals surface area contributed by atoms with E-state index in [1.54, 1.807) is 18.0 Å². The fourth-order valence-electron chi connectivity index (χ4n) is 1.49. The van der Waals surface area contributed by atoms with E-state index in [0.717, 1.165) is 21.2 Å². The highest BCUT2D eigenvalue weighted by molar-refractivity contribution is 8.00. The van der Waals surface area contributed by atoms with Crippen molar-refractivity contribution < 1.29 is 4.42 Å². The minimum absolute atomic E-state index is 0.494. The predicted octanol–water partition coefficient (Wildman–Crippen LogP) is 5.10. The first-order chi connectivity index (χ1) is 7.68. The van der Waals surface area contributed by atoms with Gasteiger partial charge < -0.3 is 4.42 Å². The Morgan fingerprint density at radius 1 is 1.19 bits per heavy atom. The molecule has 0 saturated heterocycles. The molecule has 0 amide bonds. The molecule has 0 aliphatic carbocycles. The van der Waals surface area contributed by atoms with Crippen molar-refractivity contribution in [1.29, 1.82) is 0 Å². The molecule has 84 valence electrons. The average Bonchev–Trinajstić information content (AvgIpc) is 2.73. The van der Waals surface area contributed by atoms with Crippen molar-refractivity contribution >= 4 is 23.4 Å². The Labute approximate surface area is 105 Å². The summed E-state index contributed by atoms with van der Waals surface area (Å²) in [5, 5.41) is 1.28. The van der Waals surface area contributed by atoms with Crippen LogP contribution in [0.4, 0.5) is 0 Å². The van der Waals surface area contributed by atoms with E-state index < -0.39 is 0 Å². The molecule has 16 heavy (non-hydrogen) atoms. The molecule has 0 aliphatic heterocycles. The van der Waals surface area contributed by atoms with Crippen LogP contribution in [0.3, 0.4) is 0 Å². The normalized spacial score (nSPS) is 11.0. The van der Waals surface area contributed by atoms with Gasteiger partial charge in [-0.25, -0.2) is 0 Å². The van der Waals surface area contributed by atoms with Gasteiger partial charge in [0.05, 0.1) is 11.3 Å². The number of hydrogen-bond acceptors (Lipinski definition) is 2. The van der Waals surface area contributed by atoms with Crippen LogP contribution in [-0.4, -0.2) is 5.25 Å². The van der Waals surface area contributed by atoms with Crippen molar-refractivity contribution in [2.75, 3.05) is 0 Å². The smallest absolute Gasteiger partial charge is 0.135 e. The van der Waals surface area contributed by atoms with E-state index in [0.29, 0.717) is 5.25 Å². The van der Waals surface area contributed by atoms with Gasteiger partial charge in [0.2, 0.25) is 0 Å². The molecule has 0 bridgehead atoms. The van der Waals surface area contributed by atoms with Crippen LogP contribution in [0, 0.1) is 0 Å². The highest BCUT2D eigenvalue weighted by atomic mass is 35.5. The third kappa shape index (κ3) is 2.45. The molecule has 0 N–H and O–H groups in total. The minimum atomic E-state index is 0.494. The largest absolute Gasteiger partial charge is 0.464 e. The standard InChI is InChI=1S/C13H13ClOS/c1-9(2)16-13-10(5-3-6-11(13)14)12-7-4-8-15-12/h3-9H,1-2H3. The second-order valence-corrected chi connectivity index (χ2v) is 5.75. The molecule has 0 atom stereocenters. The van der Waals surface area contributed by atoms with Gasteiger partial charge >= 0.3 is 0 Å². The van der Waals surface area contributed by atoms with Gasteiger partial charge in [-0.15, -0.1) is 11.8 Å². The summed E-state index contributed by atoms with van der Waals surface area (Å²) in [4.78, 5) is 1.09. The summed E-state index contributed by atoms with van der Waals surface area (Å²) in [6.07, 6.45) is 1.68. The third-order valence-electron chi connectivity index (χ3n) is 2.11. The Hall–Kier alpha value is -0.860. The maximum Gasteiger partial charge on any atom is 0.135 e. The lowest BCUT2D eigenvalue weighted by atomic mass is 10.2. The Bertz CT molecular complexity index is 463. The highest BCUT2D eigenvalue weighted by Gasteiger charge is 2.12. The second kappa shape index (κ2) is 4.98. The predicted molar refractivity (Wildman–Crippen MR) is 70.1 cm³/mol. The zero-order valence-electron chi connectivity index (χ0n) is 9.24. The average molecular weight is 253 g/mol. The van der Waals surface area contributed by atoms with Gasteiger partial charge in [-0.05, 0) is 24.3 Å². The number of halogens is 1. The first kappa shape index (κ1) is 11.6. The molecule has 1 aromatic carbocycles. The summed E-state index contributed by atoms with van der Waals surface area (Å²) in [5.41, 5.74) is 1.07. The quantitative estimate of drug-likeness (QED) is 0.705. The summed E-state index contributed by atoms with van der Waals surface area (Å²) < 4.78 is 5.42. The van der Waals surface area contributed by atoms with E-state index in [9.17, 15) is 0 Å². The molecule has 0 saturated carbocycles. The van der Waals surface area contributed by atoms with E-state index in [1.807, 2.05) is 30.3 Å². The number of rotatable bonds is 3. The van der Waals surface area contributed by atoms with Gasteiger partial charge in [-0.1, -0.05) is 31.5 Å². The highest BCUT2D eigenvalue weighted by Crippen LogP contribution is 2.38. The maximum absolute atomic E-state index is 6.23. The van der Waals surface area contributed by atoms with E-state index in [4.69, 9.17) is 16.0 Å². The third-order valence-corrected chi connectivity index (χ3v) is 3.68. The Morgan fingerprint density at radius 3 is 2.62 bits per heavy atom. The van der Waals surface area contributed by atoms with E-state index in [1.165, 1.54) is 0 Å². The molecule has 2 rings (SSSR count). The zero-order chi connectivity index (χ0) is 11.5. The first-order valence-corrected chi connectivity index (χ1v) is 6.43. The van der Waals surface area contributed by atoms with E-state index >= 15 is 0 Å². The van der Waals surface area contributed by atoms with Crippen LogP contribution in [-0.2, 0) is 0 Å². The number of benzene rings is 1. The fraction of sp³-hybridized carbons (Fsp3) is 0.231. The van der Waals surface area contributed by atoms with Crippen molar-refractivity contribution in [2.45, 2.75) is 24.0 Å². The fourth-order valence-corrected chi connectivity index (χ4v) is 2.75. The summed E-state index contributed by atoms with van der Waals surface area (Å²) in [7, 11) is 0. The molecule has 1 heterocycles. The van der Waals surface area contributed by atoms with Gasteiger partial charge in [0.1, 0.15) is 5.76 Å². The van der Waals surface area contributed by atoms with Crippen LogP contribution in [0.2, 0.25) is 5.02 Å². The molecule has 1 aromatic heterocycles. The maximum atomic E-state index is 6.23. The van der Waals surface area contributed by atoms with Crippen LogP contribution in [0.25, 0.3) is 11.3 Å². The Kier molecular flexibility index (Phi) is 3.62. The van der Waals surface area contributed by atoms with Crippen molar-refractivity contribution in [1.82, 2.24) is 0 Å². The van der Waals surface area contributed by atoms with Crippen molar-refractivity contribution in [2.24, 2.45) is 0 Å². The minimum Gasteiger partial charge on any atom is -0.464 e. The second-order valence-electron chi connectivity index (χ2n) is 3.76. The van der Waals surface area contributed by atoms with Gasteiger partial charge in [0.15, 0.2) is 0 Å². The van der Waals surface area contributed by atoms with E-state index in [2.05, 4.69) is 13.8 Å². The van der Waals surface area contributed by atoms with Crippen LogP contribution in [0.5, 0.6) is 0 Å². The number of thioether (sulfide) groups is 1. The molecule has 0 fully saturated rings. The molecule has 3 heteroatoms. The van der Waals surface area contributed by atoms with Crippen molar-refractivity contribution in [3.63, 3.8) is 0 Å². The number of furan rings is 1. The lowest BCUT2D eigenvalue weighted by Gasteiger charge is -2.11. The summed E-state index contributed by atoms with van der Waals surface area (Å²) in [6.45, 7) is 4.31. The lowest BCUT2D eigenvalue weighted by Crippen LogP contribution is -1.89. The van der Waals surface area contributed by atoms with Crippen LogP contribution in [0.15, 0.2) is 45.9 Å². The molecule has 0 radical (unpaired) electrons. The topological polar surface area (TPSA) is 13.1 Å². The molecule has 0 unspecified atom stereocenters. The Morgan fingerprint density at radius 2 is 2.00 bits per heavy atom. The van der Waals surface area contributed by atoms with Gasteiger partial charge in [-0.2, -0.15) is 0 Å². The summed E-state index contributed by atoms with van der Waals surface area (Å²) >= 11 is 7.99. The van der Waals surface area contributed by atoms with E-state index in [-0.39, 0.29) is 0 Å². The lowest BCUT2D eigenvalue weighted by molar-refractivity contribution is 0.581. The van der Waals surface area contributed by atoms with Crippen molar-refractivity contribution in [3.05, 3.63) is 41.6 Å². The van der Waals surface area contributed by atoms with Gasteiger partial charge in [0, 0.05) is 15.7 Å². The first-order valence-electron chi connectivity index (χ1n) is 5.17. The van der Waals surface area contributed by atoms with Crippen LogP contribution < -0.4 is 0 Å². The molecular formula is C13H13ClOS. The molecule has 0 spiro atoms. The molecular weight excluding hydrogens is 240 g/mol. The molecule has 2 aromatic rings. The zero-order valence-corrected chi connectivity index (χ0v) is 10.8. The summed E-state index contributed by atoms with van der Waals surface area (Å²) in [6, 6.07) is 9.74. The van der Waals surface area contributed by atoms with Gasteiger partial charge in [0.25, 0.3) is 0 Å². The molecule has 1 nitrogen and oxygen atoms in total. The monoisotopic (exact) mass is 252 g/mol. The van der Waals surface area contributed by atoms with Gasteiger partial charge in [-0.3, -0.25) is 0 Å².